The minimum absolute atomic E-state index is 0.228. The zero-order chi connectivity index (χ0) is 20.0. The molecule has 0 fully saturated rings. The van der Waals surface area contributed by atoms with Crippen molar-refractivity contribution in [1.29, 1.82) is 0 Å². The van der Waals surface area contributed by atoms with Crippen molar-refractivity contribution < 1.29 is 13.2 Å². The zero-order valence-electron chi connectivity index (χ0n) is 15.6. The Kier molecular flexibility index (Phi) is 6.21. The van der Waals surface area contributed by atoms with Gasteiger partial charge in [-0.1, -0.05) is 55.8 Å². The molecule has 2 aromatic carbocycles. The molecule has 3 rings (SSSR count). The molecule has 28 heavy (non-hydrogen) atoms. The van der Waals surface area contributed by atoms with Crippen LogP contribution in [-0.2, 0) is 9.84 Å². The number of fused-ring (bicyclic) bond motifs is 1. The lowest BCUT2D eigenvalue weighted by Gasteiger charge is -2.15. The maximum Gasteiger partial charge on any atom is 0.253 e. The van der Waals surface area contributed by atoms with E-state index in [1.807, 2.05) is 31.2 Å². The summed E-state index contributed by atoms with van der Waals surface area (Å²) in [6, 6.07) is 17.0. The number of hydrogen-bond donors (Lipinski definition) is 1. The monoisotopic (exact) mass is 394 g/mol. The third-order valence-corrected chi connectivity index (χ3v) is 5.80. The molecule has 0 saturated heterocycles. The predicted molar refractivity (Wildman–Crippen MR) is 111 cm³/mol. The number of sulfone groups is 1. The van der Waals surface area contributed by atoms with E-state index < -0.39 is 15.9 Å². The second-order valence-corrected chi connectivity index (χ2v) is 8.27. The van der Waals surface area contributed by atoms with Crippen LogP contribution in [0.2, 0.25) is 0 Å². The van der Waals surface area contributed by atoms with Crippen LogP contribution in [0, 0.1) is 0 Å². The quantitative estimate of drug-likeness (QED) is 0.654. The van der Waals surface area contributed by atoms with E-state index in [1.165, 1.54) is 5.41 Å². The molecule has 0 radical (unpaired) electrons. The van der Waals surface area contributed by atoms with Crippen LogP contribution in [0.3, 0.4) is 0 Å². The van der Waals surface area contributed by atoms with Gasteiger partial charge in [-0.15, -0.1) is 0 Å². The molecule has 0 unspecified atom stereocenters. The third-order valence-electron chi connectivity index (χ3n) is 4.36. The number of hydrogen-bond acceptors (Lipinski definition) is 4. The highest BCUT2D eigenvalue weighted by atomic mass is 32.2. The number of nitrogens with zero attached hydrogens (tertiary/aromatic N) is 1. The van der Waals surface area contributed by atoms with E-state index in [-0.39, 0.29) is 10.8 Å². The van der Waals surface area contributed by atoms with Gasteiger partial charge in [0.05, 0.1) is 16.0 Å². The highest BCUT2D eigenvalue weighted by Crippen LogP contribution is 2.17. The molecule has 0 saturated carbocycles. The van der Waals surface area contributed by atoms with E-state index in [1.54, 1.807) is 48.7 Å². The van der Waals surface area contributed by atoms with Crippen LogP contribution in [0.25, 0.3) is 10.9 Å². The molecule has 1 atom stereocenters. The summed E-state index contributed by atoms with van der Waals surface area (Å²) < 4.78 is 24.9. The molecule has 1 N–H and O–H groups in total. The number of amides is 1. The van der Waals surface area contributed by atoms with Gasteiger partial charge in [-0.05, 0) is 30.7 Å². The van der Waals surface area contributed by atoms with Gasteiger partial charge in [-0.2, -0.15) is 0 Å². The Hall–Kier alpha value is -2.99. The summed E-state index contributed by atoms with van der Waals surface area (Å²) >= 11 is 0. The molecule has 0 aliphatic rings. The van der Waals surface area contributed by atoms with Gasteiger partial charge >= 0.3 is 0 Å². The minimum atomic E-state index is -3.55. The Morgan fingerprint density at radius 1 is 1.07 bits per heavy atom. The number of carbonyl (C=O) groups is 1. The first-order chi connectivity index (χ1) is 13.5. The average molecular weight is 394 g/mol. The maximum atomic E-state index is 12.8. The van der Waals surface area contributed by atoms with Gasteiger partial charge in [0.2, 0.25) is 0 Å². The molecular weight excluding hydrogens is 372 g/mol. The van der Waals surface area contributed by atoms with Crippen molar-refractivity contribution in [3.63, 3.8) is 0 Å². The van der Waals surface area contributed by atoms with Crippen LogP contribution in [-0.4, -0.2) is 25.4 Å². The fraction of sp³-hybridized carbons (Fsp3) is 0.182. The van der Waals surface area contributed by atoms with E-state index in [2.05, 4.69) is 10.3 Å². The van der Waals surface area contributed by atoms with Gasteiger partial charge in [-0.25, -0.2) is 8.42 Å². The predicted octanol–water partition coefficient (Wildman–Crippen LogP) is 4.12. The summed E-state index contributed by atoms with van der Waals surface area (Å²) in [6.07, 6.45) is 4.62. The van der Waals surface area contributed by atoms with E-state index >= 15 is 0 Å². The van der Waals surface area contributed by atoms with Crippen LogP contribution in [0.4, 0.5) is 0 Å². The second-order valence-electron chi connectivity index (χ2n) is 6.44. The average Bonchev–Trinajstić information content (AvgIpc) is 2.72. The first-order valence-corrected chi connectivity index (χ1v) is 10.7. The highest BCUT2D eigenvalue weighted by Gasteiger charge is 2.16. The van der Waals surface area contributed by atoms with Crippen molar-refractivity contribution >= 4 is 26.6 Å². The molecule has 1 heterocycles. The largest absolute Gasteiger partial charge is 0.346 e. The maximum absolute atomic E-state index is 12.8. The SMILES string of the molecule is CCC[C@@H](/C=C/S(=O)(=O)c1ccccc1)NC(=O)c1cccc2cccnc12. The van der Waals surface area contributed by atoms with Gasteiger partial charge in [0.1, 0.15) is 0 Å². The molecule has 144 valence electrons. The Morgan fingerprint density at radius 2 is 1.82 bits per heavy atom. The zero-order valence-corrected chi connectivity index (χ0v) is 16.4. The van der Waals surface area contributed by atoms with E-state index in [0.29, 0.717) is 17.5 Å². The van der Waals surface area contributed by atoms with Gasteiger partial charge in [0.15, 0.2) is 9.84 Å². The second kappa shape index (κ2) is 8.80. The molecule has 0 aliphatic carbocycles. The van der Waals surface area contributed by atoms with Crippen molar-refractivity contribution in [1.82, 2.24) is 10.3 Å². The first-order valence-electron chi connectivity index (χ1n) is 9.14. The summed E-state index contributed by atoms with van der Waals surface area (Å²) in [4.78, 5) is 17.3. The van der Waals surface area contributed by atoms with Gasteiger partial charge in [-0.3, -0.25) is 9.78 Å². The molecule has 0 bridgehead atoms. The van der Waals surface area contributed by atoms with Crippen molar-refractivity contribution in [2.24, 2.45) is 0 Å². The number of rotatable bonds is 7. The van der Waals surface area contributed by atoms with E-state index in [4.69, 9.17) is 0 Å². The summed E-state index contributed by atoms with van der Waals surface area (Å²) in [5.41, 5.74) is 1.09. The molecule has 6 heteroatoms. The topological polar surface area (TPSA) is 76.1 Å². The molecule has 3 aromatic rings. The van der Waals surface area contributed by atoms with Crippen LogP contribution < -0.4 is 5.32 Å². The summed E-state index contributed by atoms with van der Waals surface area (Å²) in [5, 5.41) is 4.97. The number of pyridine rings is 1. The van der Waals surface area contributed by atoms with Gasteiger partial charge in [0, 0.05) is 23.0 Å². The number of para-hydroxylation sites is 1. The molecular formula is C22H22N2O3S. The molecule has 0 spiro atoms. The Labute approximate surface area is 165 Å². The normalized spacial score (nSPS) is 12.9. The van der Waals surface area contributed by atoms with Crippen LogP contribution in [0.15, 0.2) is 83.2 Å². The number of aromatic nitrogens is 1. The fourth-order valence-corrected chi connectivity index (χ4v) is 4.04. The van der Waals surface area contributed by atoms with Gasteiger partial charge in [0.25, 0.3) is 5.91 Å². The number of benzene rings is 2. The van der Waals surface area contributed by atoms with Crippen molar-refractivity contribution in [3.05, 3.63) is 83.9 Å². The lowest BCUT2D eigenvalue weighted by Crippen LogP contribution is -2.33. The fourth-order valence-electron chi connectivity index (χ4n) is 2.95. The summed E-state index contributed by atoms with van der Waals surface area (Å²) in [7, 11) is -3.55. The number of nitrogens with one attached hydrogen (secondary N) is 1. The van der Waals surface area contributed by atoms with Crippen molar-refractivity contribution in [2.75, 3.05) is 0 Å². The smallest absolute Gasteiger partial charge is 0.253 e. The molecule has 1 aromatic heterocycles. The molecule has 1 amide bonds. The highest BCUT2D eigenvalue weighted by molar-refractivity contribution is 7.94. The van der Waals surface area contributed by atoms with E-state index in [0.717, 1.165) is 11.8 Å². The van der Waals surface area contributed by atoms with Crippen molar-refractivity contribution in [2.45, 2.75) is 30.7 Å². The standard InChI is InChI=1S/C22H22N2O3S/c1-2-8-18(14-16-28(26,27)19-11-4-3-5-12-19)24-22(25)20-13-6-9-17-10-7-15-23-21(17)20/h3-7,9-16,18H,2,8H2,1H3,(H,24,25)/b16-14+/t18-/m0/s1. The van der Waals surface area contributed by atoms with Crippen molar-refractivity contribution in [3.8, 4) is 0 Å². The Morgan fingerprint density at radius 3 is 2.57 bits per heavy atom. The lowest BCUT2D eigenvalue weighted by molar-refractivity contribution is 0.0944. The lowest BCUT2D eigenvalue weighted by atomic mass is 10.1. The first kappa shape index (κ1) is 19.8. The summed E-state index contributed by atoms with van der Waals surface area (Å²) in [6.45, 7) is 1.98. The van der Waals surface area contributed by atoms with Crippen LogP contribution in [0.5, 0.6) is 0 Å². The summed E-state index contributed by atoms with van der Waals surface area (Å²) in [5.74, 6) is -0.274. The Balaban J connectivity index is 1.82. The molecule has 0 aliphatic heterocycles. The minimum Gasteiger partial charge on any atom is -0.346 e. The Bertz CT molecular complexity index is 1090. The van der Waals surface area contributed by atoms with Crippen LogP contribution in [0.1, 0.15) is 30.1 Å². The van der Waals surface area contributed by atoms with Gasteiger partial charge < -0.3 is 5.32 Å². The molecule has 5 nitrogen and oxygen atoms in total. The number of carbonyl (C=O) groups excluding carboxylic acids is 1. The van der Waals surface area contributed by atoms with Crippen LogP contribution >= 0.6 is 0 Å². The van der Waals surface area contributed by atoms with E-state index in [9.17, 15) is 13.2 Å². The third kappa shape index (κ3) is 4.64.